The number of halogens is 1. The van der Waals surface area contributed by atoms with Crippen molar-refractivity contribution in [2.45, 2.75) is 12.2 Å². The highest BCUT2D eigenvalue weighted by molar-refractivity contribution is 7.79. The lowest BCUT2D eigenvalue weighted by Crippen LogP contribution is -2.25. The third kappa shape index (κ3) is 3.57. The monoisotopic (exact) mass is 279 g/mol. The predicted molar refractivity (Wildman–Crippen MR) is 73.7 cm³/mol. The van der Waals surface area contributed by atoms with Gasteiger partial charge in [-0.15, -0.1) is 0 Å². The molecule has 0 aliphatic rings. The number of amides is 1. The summed E-state index contributed by atoms with van der Waals surface area (Å²) >= 11 is 4.01. The number of thiol groups is 1. The highest BCUT2D eigenvalue weighted by Crippen LogP contribution is 2.12. The van der Waals surface area contributed by atoms with Crippen molar-refractivity contribution in [1.29, 1.82) is 0 Å². The van der Waals surface area contributed by atoms with Gasteiger partial charge in [0.25, 0.3) is 5.91 Å². The number of rotatable bonds is 5. The number of hydrogen-bond donors (Lipinski definition) is 3. The molecule has 100 valence electrons. The summed E-state index contributed by atoms with van der Waals surface area (Å²) in [6, 6.07) is 4.41. The molecule has 2 N–H and O–H groups in total. The molecule has 0 radical (unpaired) electrons. The molecule has 2 aromatic rings. The Morgan fingerprint density at radius 3 is 2.95 bits per heavy atom. The molecule has 1 amide bonds. The van der Waals surface area contributed by atoms with Crippen molar-refractivity contribution in [3.8, 4) is 0 Å². The lowest BCUT2D eigenvalue weighted by Gasteiger charge is -2.06. The highest BCUT2D eigenvalue weighted by Gasteiger charge is 2.08. The van der Waals surface area contributed by atoms with E-state index in [4.69, 9.17) is 0 Å². The molecule has 0 aliphatic heterocycles. The molecular weight excluding hydrogens is 265 g/mol. The minimum absolute atomic E-state index is 0.288. The van der Waals surface area contributed by atoms with Crippen molar-refractivity contribution in [2.75, 3.05) is 6.54 Å². The summed E-state index contributed by atoms with van der Waals surface area (Å²) < 4.78 is 13.5. The van der Waals surface area contributed by atoms with E-state index in [-0.39, 0.29) is 5.91 Å². The Morgan fingerprint density at radius 2 is 2.32 bits per heavy atom. The highest BCUT2D eigenvalue weighted by atomic mass is 32.1. The number of aromatic nitrogens is 2. The van der Waals surface area contributed by atoms with Gasteiger partial charge in [-0.1, -0.05) is 6.07 Å². The molecule has 0 aliphatic carbocycles. The second kappa shape index (κ2) is 6.38. The molecule has 0 bridgehead atoms. The van der Waals surface area contributed by atoms with Gasteiger partial charge in [-0.3, -0.25) is 4.79 Å². The van der Waals surface area contributed by atoms with Crippen LogP contribution in [0.15, 0.2) is 30.7 Å². The van der Waals surface area contributed by atoms with E-state index >= 15 is 0 Å². The lowest BCUT2D eigenvalue weighted by atomic mass is 10.1. The van der Waals surface area contributed by atoms with Gasteiger partial charge in [0.1, 0.15) is 5.82 Å². The van der Waals surface area contributed by atoms with Crippen LogP contribution in [0.3, 0.4) is 0 Å². The zero-order valence-corrected chi connectivity index (χ0v) is 11.1. The molecule has 2 rings (SSSR count). The van der Waals surface area contributed by atoms with Crippen molar-refractivity contribution in [2.24, 2.45) is 0 Å². The molecule has 1 aromatic heterocycles. The van der Waals surface area contributed by atoms with Gasteiger partial charge >= 0.3 is 0 Å². The van der Waals surface area contributed by atoms with Crippen LogP contribution in [0.4, 0.5) is 4.39 Å². The number of hydrogen-bond acceptors (Lipinski definition) is 3. The number of imidazole rings is 1. The molecule has 0 saturated heterocycles. The molecular formula is C13H14FN3OS. The fourth-order valence-corrected chi connectivity index (χ4v) is 1.91. The summed E-state index contributed by atoms with van der Waals surface area (Å²) in [5, 5.41) is 2.73. The smallest absolute Gasteiger partial charge is 0.251 e. The molecule has 0 unspecified atom stereocenters. The van der Waals surface area contributed by atoms with Crippen LogP contribution >= 0.6 is 12.6 Å². The fourth-order valence-electron chi connectivity index (χ4n) is 1.65. The number of carbonyl (C=O) groups excluding carboxylic acids is 1. The average Bonchev–Trinajstić information content (AvgIpc) is 2.91. The number of nitrogens with one attached hydrogen (secondary N) is 2. The molecule has 0 fully saturated rings. The summed E-state index contributed by atoms with van der Waals surface area (Å²) in [7, 11) is 0. The van der Waals surface area contributed by atoms with E-state index in [9.17, 15) is 9.18 Å². The van der Waals surface area contributed by atoms with Crippen molar-refractivity contribution < 1.29 is 9.18 Å². The Morgan fingerprint density at radius 1 is 1.47 bits per heavy atom. The molecule has 0 atom stereocenters. The summed E-state index contributed by atoms with van der Waals surface area (Å²) in [6.07, 6.45) is 3.94. The van der Waals surface area contributed by atoms with E-state index in [1.54, 1.807) is 24.7 Å². The Labute approximate surface area is 115 Å². The second-order valence-electron chi connectivity index (χ2n) is 4.05. The van der Waals surface area contributed by atoms with Crippen molar-refractivity contribution in [3.63, 3.8) is 0 Å². The normalized spacial score (nSPS) is 10.4. The molecule has 0 saturated carbocycles. The van der Waals surface area contributed by atoms with E-state index in [2.05, 4.69) is 27.9 Å². The van der Waals surface area contributed by atoms with E-state index in [0.717, 1.165) is 5.69 Å². The van der Waals surface area contributed by atoms with Gasteiger partial charge in [-0.25, -0.2) is 9.37 Å². The summed E-state index contributed by atoms with van der Waals surface area (Å²) in [6.45, 7) is 0.469. The van der Waals surface area contributed by atoms with Gasteiger partial charge in [0.05, 0.1) is 6.33 Å². The van der Waals surface area contributed by atoms with Gasteiger partial charge in [-0.05, 0) is 17.7 Å². The molecule has 1 heterocycles. The van der Waals surface area contributed by atoms with Crippen LogP contribution in [0.2, 0.25) is 0 Å². The Bertz CT molecular complexity index is 557. The largest absolute Gasteiger partial charge is 0.352 e. The standard InChI is InChI=1S/C13H14FN3OS/c14-12-5-9(1-2-10(12)7-19)13(18)16-4-3-11-6-15-8-17-11/h1-2,5-6,8,19H,3-4,7H2,(H,15,17)(H,16,18). The van der Waals surface area contributed by atoms with Crippen LogP contribution < -0.4 is 5.32 Å². The fraction of sp³-hybridized carbons (Fsp3) is 0.231. The first-order valence-corrected chi connectivity index (χ1v) is 6.48. The minimum atomic E-state index is -0.406. The maximum atomic E-state index is 13.5. The number of H-pyrrole nitrogens is 1. The van der Waals surface area contributed by atoms with Crippen LogP contribution in [-0.4, -0.2) is 22.4 Å². The van der Waals surface area contributed by atoms with Gasteiger partial charge in [0, 0.05) is 36.2 Å². The number of nitrogens with zero attached hydrogens (tertiary/aromatic N) is 1. The van der Waals surface area contributed by atoms with Crippen molar-refractivity contribution in [3.05, 3.63) is 53.4 Å². The second-order valence-corrected chi connectivity index (χ2v) is 4.36. The zero-order chi connectivity index (χ0) is 13.7. The predicted octanol–water partition coefficient (Wildman–Crippen LogP) is 1.95. The summed E-state index contributed by atoms with van der Waals surface area (Å²) in [4.78, 5) is 18.6. The van der Waals surface area contributed by atoms with Crippen LogP contribution in [0.5, 0.6) is 0 Å². The Kier molecular flexibility index (Phi) is 4.57. The maximum Gasteiger partial charge on any atom is 0.251 e. The Hall–Kier alpha value is -1.82. The lowest BCUT2D eigenvalue weighted by molar-refractivity contribution is 0.0953. The van der Waals surface area contributed by atoms with Crippen molar-refractivity contribution >= 4 is 18.5 Å². The molecule has 0 spiro atoms. The average molecular weight is 279 g/mol. The quantitative estimate of drug-likeness (QED) is 0.733. The molecule has 1 aromatic carbocycles. The van der Waals surface area contributed by atoms with E-state index in [1.807, 2.05) is 0 Å². The SMILES string of the molecule is O=C(NCCc1cnc[nH]1)c1ccc(CS)c(F)c1. The maximum absolute atomic E-state index is 13.5. The van der Waals surface area contributed by atoms with Gasteiger partial charge < -0.3 is 10.3 Å². The Balaban J connectivity index is 1.91. The van der Waals surface area contributed by atoms with Crippen LogP contribution in [0, 0.1) is 5.82 Å². The third-order valence-electron chi connectivity index (χ3n) is 2.72. The number of carbonyl (C=O) groups is 1. The van der Waals surface area contributed by atoms with Crippen LogP contribution in [-0.2, 0) is 12.2 Å². The number of aromatic amines is 1. The van der Waals surface area contributed by atoms with E-state index < -0.39 is 5.82 Å². The van der Waals surface area contributed by atoms with Gasteiger partial charge in [0.2, 0.25) is 0 Å². The molecule has 19 heavy (non-hydrogen) atoms. The van der Waals surface area contributed by atoms with E-state index in [1.165, 1.54) is 6.07 Å². The summed E-state index contributed by atoms with van der Waals surface area (Å²) in [5.41, 5.74) is 1.74. The number of benzene rings is 1. The first-order chi connectivity index (χ1) is 9.20. The van der Waals surface area contributed by atoms with Gasteiger partial charge in [-0.2, -0.15) is 12.6 Å². The minimum Gasteiger partial charge on any atom is -0.352 e. The summed E-state index contributed by atoms with van der Waals surface area (Å²) in [5.74, 6) is -0.381. The van der Waals surface area contributed by atoms with Crippen LogP contribution in [0.25, 0.3) is 0 Å². The third-order valence-corrected chi connectivity index (χ3v) is 3.06. The van der Waals surface area contributed by atoms with Crippen molar-refractivity contribution in [1.82, 2.24) is 15.3 Å². The first kappa shape index (κ1) is 13.6. The van der Waals surface area contributed by atoms with E-state index in [0.29, 0.717) is 29.8 Å². The first-order valence-electron chi connectivity index (χ1n) is 5.85. The van der Waals surface area contributed by atoms with Gasteiger partial charge in [0.15, 0.2) is 0 Å². The zero-order valence-electron chi connectivity index (χ0n) is 10.2. The molecule has 4 nitrogen and oxygen atoms in total. The molecule has 6 heteroatoms. The topological polar surface area (TPSA) is 57.8 Å². The van der Waals surface area contributed by atoms with Crippen LogP contribution in [0.1, 0.15) is 21.6 Å².